The van der Waals surface area contributed by atoms with Gasteiger partial charge in [-0.3, -0.25) is 0 Å². The van der Waals surface area contributed by atoms with Gasteiger partial charge in [-0.05, 0) is 62.0 Å². The van der Waals surface area contributed by atoms with Crippen molar-refractivity contribution in [2.75, 3.05) is 0 Å². The SMILES string of the molecule is CC(C)C1=CCC2(C)CCC3Cc4ccccc4OC3(C)C2C1. The lowest BCUT2D eigenvalue weighted by Crippen LogP contribution is -2.59. The average Bonchev–Trinajstić information content (AvgIpc) is 2.52. The second-order valence-corrected chi connectivity index (χ2v) is 8.88. The maximum absolute atomic E-state index is 6.76. The van der Waals surface area contributed by atoms with Gasteiger partial charge in [0.25, 0.3) is 0 Å². The molecule has 4 atom stereocenters. The first-order valence-electron chi connectivity index (χ1n) is 9.38. The molecule has 1 nitrogen and oxygen atoms in total. The molecule has 0 amide bonds. The molecule has 0 spiro atoms. The molecule has 1 aliphatic heterocycles. The van der Waals surface area contributed by atoms with E-state index in [1.165, 1.54) is 37.7 Å². The van der Waals surface area contributed by atoms with Crippen molar-refractivity contribution in [3.05, 3.63) is 41.5 Å². The Balaban J connectivity index is 1.73. The third kappa shape index (κ3) is 2.27. The maximum Gasteiger partial charge on any atom is 0.123 e. The van der Waals surface area contributed by atoms with Crippen LogP contribution in [0.4, 0.5) is 0 Å². The number of rotatable bonds is 1. The van der Waals surface area contributed by atoms with E-state index in [4.69, 9.17) is 4.74 Å². The van der Waals surface area contributed by atoms with Crippen LogP contribution in [0.2, 0.25) is 0 Å². The highest BCUT2D eigenvalue weighted by Gasteiger charge is 2.57. The standard InChI is InChI=1S/C22H30O/c1-15(2)16-9-11-21(3)12-10-18-13-17-7-5-6-8-19(17)23-22(18,4)20(21)14-16/h5-9,15,18,20H,10-14H2,1-4H3. The number of ether oxygens (including phenoxy) is 1. The Labute approximate surface area is 141 Å². The summed E-state index contributed by atoms with van der Waals surface area (Å²) in [6, 6.07) is 8.69. The summed E-state index contributed by atoms with van der Waals surface area (Å²) in [5.74, 6) is 3.11. The monoisotopic (exact) mass is 310 g/mol. The van der Waals surface area contributed by atoms with Gasteiger partial charge in [0.1, 0.15) is 11.4 Å². The maximum atomic E-state index is 6.76. The predicted molar refractivity (Wildman–Crippen MR) is 95.7 cm³/mol. The molecule has 3 aliphatic rings. The lowest BCUT2D eigenvalue weighted by atomic mass is 9.51. The van der Waals surface area contributed by atoms with Crippen LogP contribution in [0, 0.1) is 23.2 Å². The van der Waals surface area contributed by atoms with Gasteiger partial charge < -0.3 is 4.74 Å². The molecule has 2 aliphatic carbocycles. The first kappa shape index (κ1) is 15.3. The Hall–Kier alpha value is -1.24. The highest BCUT2D eigenvalue weighted by Crippen LogP contribution is 2.59. The topological polar surface area (TPSA) is 9.23 Å². The summed E-state index contributed by atoms with van der Waals surface area (Å²) in [5.41, 5.74) is 3.47. The van der Waals surface area contributed by atoms with Crippen molar-refractivity contribution in [3.63, 3.8) is 0 Å². The van der Waals surface area contributed by atoms with Crippen LogP contribution in [0.5, 0.6) is 5.75 Å². The number of para-hydroxylation sites is 1. The Kier molecular flexibility index (Phi) is 3.41. The van der Waals surface area contributed by atoms with Crippen LogP contribution in [0.25, 0.3) is 0 Å². The lowest BCUT2D eigenvalue weighted by molar-refractivity contribution is -0.128. The Morgan fingerprint density at radius 1 is 1.13 bits per heavy atom. The molecular weight excluding hydrogens is 280 g/mol. The van der Waals surface area contributed by atoms with Gasteiger partial charge in [0.15, 0.2) is 0 Å². The van der Waals surface area contributed by atoms with Crippen molar-refractivity contribution in [3.8, 4) is 5.75 Å². The van der Waals surface area contributed by atoms with Crippen LogP contribution in [-0.4, -0.2) is 5.60 Å². The van der Waals surface area contributed by atoms with Gasteiger partial charge in [0.05, 0.1) is 0 Å². The zero-order valence-corrected chi connectivity index (χ0v) is 15.1. The number of hydrogen-bond acceptors (Lipinski definition) is 1. The van der Waals surface area contributed by atoms with Crippen molar-refractivity contribution < 1.29 is 4.74 Å². The number of benzene rings is 1. The Bertz CT molecular complexity index is 643. The van der Waals surface area contributed by atoms with Gasteiger partial charge in [-0.2, -0.15) is 0 Å². The van der Waals surface area contributed by atoms with Crippen LogP contribution in [-0.2, 0) is 6.42 Å². The second-order valence-electron chi connectivity index (χ2n) is 8.88. The van der Waals surface area contributed by atoms with Crippen molar-refractivity contribution in [1.82, 2.24) is 0 Å². The Morgan fingerprint density at radius 2 is 1.91 bits per heavy atom. The molecule has 0 N–H and O–H groups in total. The minimum atomic E-state index is -0.00421. The summed E-state index contributed by atoms with van der Waals surface area (Å²) < 4.78 is 6.76. The van der Waals surface area contributed by atoms with Gasteiger partial charge in [-0.15, -0.1) is 0 Å². The molecule has 0 aromatic heterocycles. The van der Waals surface area contributed by atoms with Crippen molar-refractivity contribution in [1.29, 1.82) is 0 Å². The molecular formula is C22H30O. The van der Waals surface area contributed by atoms with Crippen LogP contribution < -0.4 is 4.74 Å². The molecule has 1 aromatic rings. The van der Waals surface area contributed by atoms with Crippen LogP contribution in [0.3, 0.4) is 0 Å². The van der Waals surface area contributed by atoms with E-state index in [9.17, 15) is 0 Å². The van der Waals surface area contributed by atoms with E-state index in [0.29, 0.717) is 23.2 Å². The third-order valence-corrected chi connectivity index (χ3v) is 7.19. The zero-order valence-electron chi connectivity index (χ0n) is 15.1. The second kappa shape index (κ2) is 5.13. The summed E-state index contributed by atoms with van der Waals surface area (Å²) in [7, 11) is 0. The van der Waals surface area contributed by atoms with Crippen molar-refractivity contribution in [2.24, 2.45) is 23.2 Å². The molecule has 4 rings (SSSR count). The molecule has 4 unspecified atom stereocenters. The van der Waals surface area contributed by atoms with Gasteiger partial charge in [0, 0.05) is 11.8 Å². The normalized spacial score (nSPS) is 38.9. The molecule has 1 saturated carbocycles. The molecule has 1 heteroatoms. The summed E-state index contributed by atoms with van der Waals surface area (Å²) in [4.78, 5) is 0. The molecule has 0 saturated heterocycles. The molecule has 0 bridgehead atoms. The highest BCUT2D eigenvalue weighted by molar-refractivity contribution is 5.38. The quantitative estimate of drug-likeness (QED) is 0.597. The first-order valence-corrected chi connectivity index (χ1v) is 9.38. The van der Waals surface area contributed by atoms with Gasteiger partial charge in [-0.25, -0.2) is 0 Å². The van der Waals surface area contributed by atoms with Gasteiger partial charge in [0.2, 0.25) is 0 Å². The van der Waals surface area contributed by atoms with Crippen LogP contribution >= 0.6 is 0 Å². The first-order chi connectivity index (χ1) is 10.9. The summed E-state index contributed by atoms with van der Waals surface area (Å²) >= 11 is 0. The fraction of sp³-hybridized carbons (Fsp3) is 0.636. The van der Waals surface area contributed by atoms with Crippen molar-refractivity contribution >= 4 is 0 Å². The highest BCUT2D eigenvalue weighted by atomic mass is 16.5. The largest absolute Gasteiger partial charge is 0.487 e. The lowest BCUT2D eigenvalue weighted by Gasteiger charge is -2.59. The number of hydrogen-bond donors (Lipinski definition) is 0. The molecule has 23 heavy (non-hydrogen) atoms. The molecule has 1 aromatic carbocycles. The summed E-state index contributed by atoms with van der Waals surface area (Å²) in [5, 5.41) is 0. The summed E-state index contributed by atoms with van der Waals surface area (Å²) in [6.07, 6.45) is 8.86. The molecule has 1 fully saturated rings. The van der Waals surface area contributed by atoms with Gasteiger partial charge >= 0.3 is 0 Å². The van der Waals surface area contributed by atoms with E-state index in [0.717, 1.165) is 5.75 Å². The van der Waals surface area contributed by atoms with E-state index in [1.54, 1.807) is 5.57 Å². The van der Waals surface area contributed by atoms with E-state index in [1.807, 2.05) is 0 Å². The fourth-order valence-electron chi connectivity index (χ4n) is 5.52. The van der Waals surface area contributed by atoms with E-state index < -0.39 is 0 Å². The van der Waals surface area contributed by atoms with Crippen LogP contribution in [0.15, 0.2) is 35.9 Å². The predicted octanol–water partition coefficient (Wildman–Crippen LogP) is 5.79. The van der Waals surface area contributed by atoms with Gasteiger partial charge in [-0.1, -0.05) is 50.6 Å². The minimum absolute atomic E-state index is 0.00421. The average molecular weight is 310 g/mol. The smallest absolute Gasteiger partial charge is 0.123 e. The fourth-order valence-corrected chi connectivity index (χ4v) is 5.52. The molecule has 124 valence electrons. The van der Waals surface area contributed by atoms with Crippen LogP contribution in [0.1, 0.15) is 58.9 Å². The van der Waals surface area contributed by atoms with E-state index >= 15 is 0 Å². The zero-order chi connectivity index (χ0) is 16.2. The molecule has 0 radical (unpaired) electrons. The van der Waals surface area contributed by atoms with Crippen molar-refractivity contribution in [2.45, 2.75) is 65.4 Å². The number of allylic oxidation sites excluding steroid dienone is 2. The molecule has 1 heterocycles. The van der Waals surface area contributed by atoms with E-state index in [-0.39, 0.29) is 5.60 Å². The number of fused-ring (bicyclic) bond motifs is 4. The Morgan fingerprint density at radius 3 is 2.70 bits per heavy atom. The third-order valence-electron chi connectivity index (χ3n) is 7.19. The van der Waals surface area contributed by atoms with E-state index in [2.05, 4.69) is 58.0 Å². The minimum Gasteiger partial charge on any atom is -0.487 e. The summed E-state index contributed by atoms with van der Waals surface area (Å²) in [6.45, 7) is 9.61.